The van der Waals surface area contributed by atoms with Crippen LogP contribution in [0.2, 0.25) is 0 Å². The highest BCUT2D eigenvalue weighted by atomic mass is 16.5. The predicted octanol–water partition coefficient (Wildman–Crippen LogP) is 2.31. The molecule has 0 fully saturated rings. The van der Waals surface area contributed by atoms with Gasteiger partial charge in [-0.15, -0.1) is 0 Å². The number of hydrogen-bond donors (Lipinski definition) is 2. The van der Waals surface area contributed by atoms with E-state index < -0.39 is 6.17 Å². The molecule has 6 heteroatoms. The number of benzene rings is 2. The summed E-state index contributed by atoms with van der Waals surface area (Å²) in [7, 11) is 1.59. The van der Waals surface area contributed by atoms with E-state index in [-0.39, 0.29) is 11.8 Å². The summed E-state index contributed by atoms with van der Waals surface area (Å²) >= 11 is 0. The van der Waals surface area contributed by atoms with E-state index in [1.807, 2.05) is 36.4 Å². The maximum absolute atomic E-state index is 12.7. The molecule has 0 aromatic heterocycles. The average Bonchev–Trinajstić information content (AvgIpc) is 2.57. The number of ether oxygens (including phenoxy) is 1. The first-order chi connectivity index (χ1) is 11.1. The highest BCUT2D eigenvalue weighted by Gasteiger charge is 2.33. The van der Waals surface area contributed by atoms with E-state index in [2.05, 4.69) is 10.7 Å². The molecule has 3 rings (SSSR count). The zero-order valence-corrected chi connectivity index (χ0v) is 12.9. The lowest BCUT2D eigenvalue weighted by Crippen LogP contribution is -2.52. The first-order valence-electron chi connectivity index (χ1n) is 7.20. The summed E-state index contributed by atoms with van der Waals surface area (Å²) in [5.74, 6) is 0.163. The fraction of sp³-hybridized carbons (Fsp3) is 0.176. The third-order valence-electron chi connectivity index (χ3n) is 3.64. The molecule has 2 N–H and O–H groups in total. The minimum Gasteiger partial charge on any atom is -0.497 e. The fourth-order valence-electron chi connectivity index (χ4n) is 2.56. The van der Waals surface area contributed by atoms with Crippen LogP contribution in [0.5, 0.6) is 5.75 Å². The van der Waals surface area contributed by atoms with Crippen molar-refractivity contribution in [1.29, 1.82) is 0 Å². The number of carbonyl (C=O) groups excluding carboxylic acids is 2. The molecule has 23 heavy (non-hydrogen) atoms. The van der Waals surface area contributed by atoms with Gasteiger partial charge in [-0.25, -0.2) is 5.01 Å². The summed E-state index contributed by atoms with van der Waals surface area (Å²) in [5, 5.41) is 4.60. The topological polar surface area (TPSA) is 70.7 Å². The lowest BCUT2D eigenvalue weighted by Gasteiger charge is -2.37. The van der Waals surface area contributed by atoms with Gasteiger partial charge >= 0.3 is 0 Å². The van der Waals surface area contributed by atoms with Crippen LogP contribution in [-0.4, -0.2) is 23.9 Å². The maximum atomic E-state index is 12.7. The van der Waals surface area contributed by atoms with Crippen molar-refractivity contribution >= 4 is 17.5 Å². The largest absolute Gasteiger partial charge is 0.497 e. The Morgan fingerprint density at radius 3 is 2.52 bits per heavy atom. The second-order valence-corrected chi connectivity index (χ2v) is 5.21. The minimum absolute atomic E-state index is 0.254. The van der Waals surface area contributed by atoms with E-state index in [4.69, 9.17) is 4.74 Å². The molecule has 2 aromatic carbocycles. The van der Waals surface area contributed by atoms with E-state index >= 15 is 0 Å². The molecule has 1 heterocycles. The second kappa shape index (κ2) is 6.00. The van der Waals surface area contributed by atoms with Gasteiger partial charge in [0.25, 0.3) is 5.91 Å². The zero-order valence-electron chi connectivity index (χ0n) is 12.9. The number of methoxy groups -OCH3 is 1. The fourth-order valence-corrected chi connectivity index (χ4v) is 2.56. The van der Waals surface area contributed by atoms with Gasteiger partial charge in [0.15, 0.2) is 0 Å². The Bertz CT molecular complexity index is 743. The third-order valence-corrected chi connectivity index (χ3v) is 3.64. The molecule has 0 aliphatic carbocycles. The lowest BCUT2D eigenvalue weighted by molar-refractivity contribution is -0.123. The van der Waals surface area contributed by atoms with E-state index in [1.54, 1.807) is 19.2 Å². The summed E-state index contributed by atoms with van der Waals surface area (Å²) < 4.78 is 5.15. The molecule has 0 radical (unpaired) electrons. The predicted molar refractivity (Wildman–Crippen MR) is 85.8 cm³/mol. The molecule has 1 aliphatic heterocycles. The van der Waals surface area contributed by atoms with E-state index in [9.17, 15) is 9.59 Å². The number of para-hydroxylation sites is 1. The molecule has 0 saturated carbocycles. The van der Waals surface area contributed by atoms with Gasteiger partial charge in [-0.05, 0) is 29.8 Å². The van der Waals surface area contributed by atoms with Gasteiger partial charge < -0.3 is 10.1 Å². The molecule has 0 bridgehead atoms. The van der Waals surface area contributed by atoms with Crippen LogP contribution in [0.25, 0.3) is 0 Å². The molecule has 0 unspecified atom stereocenters. The van der Waals surface area contributed by atoms with Crippen molar-refractivity contribution in [1.82, 2.24) is 10.4 Å². The second-order valence-electron chi connectivity index (χ2n) is 5.21. The van der Waals surface area contributed by atoms with Gasteiger partial charge in [-0.2, -0.15) is 0 Å². The first-order valence-corrected chi connectivity index (χ1v) is 7.20. The van der Waals surface area contributed by atoms with Crippen LogP contribution < -0.4 is 15.5 Å². The molecular weight excluding hydrogens is 294 g/mol. The van der Waals surface area contributed by atoms with Gasteiger partial charge in [0.05, 0.1) is 12.7 Å². The molecule has 0 saturated heterocycles. The van der Waals surface area contributed by atoms with Crippen molar-refractivity contribution in [3.05, 3.63) is 59.7 Å². The molecule has 6 nitrogen and oxygen atoms in total. The number of carbonyl (C=O) groups is 2. The molecule has 2 amide bonds. The average molecular weight is 311 g/mol. The monoisotopic (exact) mass is 311 g/mol. The Hall–Kier alpha value is -3.02. The maximum Gasteiger partial charge on any atom is 0.276 e. The number of amides is 2. The number of hydrogen-bond acceptors (Lipinski definition) is 4. The molecule has 1 aliphatic rings. The van der Waals surface area contributed by atoms with Crippen LogP contribution in [0.4, 0.5) is 5.69 Å². The summed E-state index contributed by atoms with van der Waals surface area (Å²) in [4.78, 5) is 24.2. The summed E-state index contributed by atoms with van der Waals surface area (Å²) in [6.07, 6.45) is -0.493. The third kappa shape index (κ3) is 2.83. The summed E-state index contributed by atoms with van der Waals surface area (Å²) in [5.41, 5.74) is 4.69. The number of hydrazine groups is 1. The Balaban J connectivity index is 2.01. The highest BCUT2D eigenvalue weighted by molar-refractivity contribution is 6.02. The molecule has 0 spiro atoms. The first kappa shape index (κ1) is 14.9. The van der Waals surface area contributed by atoms with Crippen molar-refractivity contribution in [2.24, 2.45) is 0 Å². The Kier molecular flexibility index (Phi) is 3.89. The SMILES string of the molecule is COc1ccc([C@@H]2Nc3ccccc3C(=O)N2NC(C)=O)cc1. The molecule has 118 valence electrons. The van der Waals surface area contributed by atoms with Crippen LogP contribution in [0, 0.1) is 0 Å². The summed E-state index contributed by atoms with van der Waals surface area (Å²) in [6, 6.07) is 14.6. The van der Waals surface area contributed by atoms with Crippen LogP contribution in [0.3, 0.4) is 0 Å². The van der Waals surface area contributed by atoms with Crippen LogP contribution in [0.1, 0.15) is 29.0 Å². The Morgan fingerprint density at radius 1 is 1.17 bits per heavy atom. The molecule has 2 aromatic rings. The minimum atomic E-state index is -0.493. The highest BCUT2D eigenvalue weighted by Crippen LogP contribution is 2.32. The van der Waals surface area contributed by atoms with Crippen molar-refractivity contribution < 1.29 is 14.3 Å². The van der Waals surface area contributed by atoms with Gasteiger partial charge in [0.2, 0.25) is 5.91 Å². The summed E-state index contributed by atoms with van der Waals surface area (Å²) in [6.45, 7) is 1.37. The van der Waals surface area contributed by atoms with Crippen molar-refractivity contribution in [3.8, 4) is 5.75 Å². The number of nitrogens with one attached hydrogen (secondary N) is 2. The van der Waals surface area contributed by atoms with Crippen molar-refractivity contribution in [3.63, 3.8) is 0 Å². The van der Waals surface area contributed by atoms with Crippen LogP contribution in [-0.2, 0) is 4.79 Å². The van der Waals surface area contributed by atoms with Gasteiger partial charge in [-0.1, -0.05) is 24.3 Å². The number of rotatable bonds is 3. The van der Waals surface area contributed by atoms with Gasteiger partial charge in [0, 0.05) is 12.6 Å². The normalized spacial score (nSPS) is 16.3. The standard InChI is InChI=1S/C17H17N3O3/c1-11(21)19-20-16(12-7-9-13(23-2)10-8-12)18-15-6-4-3-5-14(15)17(20)22/h3-10,16,18H,1-2H3,(H,19,21)/t16-/m1/s1. The smallest absolute Gasteiger partial charge is 0.276 e. The van der Waals surface area contributed by atoms with E-state index in [1.165, 1.54) is 11.9 Å². The number of nitrogens with zero attached hydrogens (tertiary/aromatic N) is 1. The molecular formula is C17H17N3O3. The van der Waals surface area contributed by atoms with Crippen LogP contribution in [0.15, 0.2) is 48.5 Å². The van der Waals surface area contributed by atoms with Crippen LogP contribution >= 0.6 is 0 Å². The number of fused-ring (bicyclic) bond motifs is 1. The Morgan fingerprint density at radius 2 is 1.87 bits per heavy atom. The van der Waals surface area contributed by atoms with Crippen molar-refractivity contribution in [2.75, 3.05) is 12.4 Å². The van der Waals surface area contributed by atoms with Gasteiger partial charge in [-0.3, -0.25) is 15.0 Å². The van der Waals surface area contributed by atoms with E-state index in [0.717, 1.165) is 17.0 Å². The molecule has 1 atom stereocenters. The zero-order chi connectivity index (χ0) is 16.4. The van der Waals surface area contributed by atoms with E-state index in [0.29, 0.717) is 5.56 Å². The van der Waals surface area contributed by atoms with Crippen molar-refractivity contribution in [2.45, 2.75) is 13.1 Å². The quantitative estimate of drug-likeness (QED) is 0.912. The Labute approximate surface area is 134 Å². The lowest BCUT2D eigenvalue weighted by atomic mass is 10.0. The number of anilines is 1. The van der Waals surface area contributed by atoms with Gasteiger partial charge in [0.1, 0.15) is 11.9 Å².